The normalized spacial score (nSPS) is 16.4. The van der Waals surface area contributed by atoms with Crippen LogP contribution in [0.25, 0.3) is 0 Å². The third-order valence-corrected chi connectivity index (χ3v) is 5.06. The van der Waals surface area contributed by atoms with E-state index < -0.39 is 18.5 Å². The van der Waals surface area contributed by atoms with Crippen LogP contribution in [0.5, 0.6) is 0 Å². The number of fused-ring (bicyclic) bond motifs is 1. The number of nitrogens with zero attached hydrogens (tertiary/aromatic N) is 1. The van der Waals surface area contributed by atoms with E-state index in [9.17, 15) is 14.9 Å². The molecular weight excluding hydrogens is 316 g/mol. The number of hydrogen-bond donors (Lipinski definition) is 2. The summed E-state index contributed by atoms with van der Waals surface area (Å²) in [5.41, 5.74) is 1.61. The van der Waals surface area contributed by atoms with Crippen LogP contribution < -0.4 is 5.32 Å². The van der Waals surface area contributed by atoms with E-state index in [-0.39, 0.29) is 6.61 Å². The Morgan fingerprint density at radius 3 is 2.91 bits per heavy atom. The van der Waals surface area contributed by atoms with Gasteiger partial charge in [-0.25, -0.2) is 4.79 Å². The van der Waals surface area contributed by atoms with Gasteiger partial charge in [-0.05, 0) is 30.7 Å². The lowest BCUT2D eigenvalue weighted by Gasteiger charge is -2.21. The number of ether oxygens (including phenoxy) is 1. The van der Waals surface area contributed by atoms with Crippen molar-refractivity contribution in [3.63, 3.8) is 0 Å². The van der Waals surface area contributed by atoms with Crippen molar-refractivity contribution < 1.29 is 19.4 Å². The number of carbonyl (C=O) groups is 2. The molecule has 0 saturated heterocycles. The van der Waals surface area contributed by atoms with Crippen molar-refractivity contribution in [2.75, 3.05) is 18.5 Å². The number of carbonyl (C=O) groups excluding carboxylic acids is 1. The lowest BCUT2D eigenvalue weighted by atomic mass is 9.85. The first kappa shape index (κ1) is 17.4. The molecule has 124 valence electrons. The summed E-state index contributed by atoms with van der Waals surface area (Å²) < 4.78 is 4.76. The highest BCUT2D eigenvalue weighted by atomic mass is 32.1. The summed E-state index contributed by atoms with van der Waals surface area (Å²) in [7, 11) is 0. The maximum absolute atomic E-state index is 11.8. The monoisotopic (exact) mass is 336 g/mol. The summed E-state index contributed by atoms with van der Waals surface area (Å²) >= 11 is 1.46. The van der Waals surface area contributed by atoms with E-state index in [1.165, 1.54) is 22.6 Å². The summed E-state index contributed by atoms with van der Waals surface area (Å²) in [5, 5.41) is 21.1. The van der Waals surface area contributed by atoms with Gasteiger partial charge >= 0.3 is 5.97 Å². The minimum absolute atomic E-state index is 0.335. The Balaban J connectivity index is 2.04. The molecule has 1 unspecified atom stereocenters. The highest BCUT2D eigenvalue weighted by Gasteiger charge is 2.26. The molecule has 0 saturated carbocycles. The fourth-order valence-electron chi connectivity index (χ4n) is 2.91. The van der Waals surface area contributed by atoms with Crippen molar-refractivity contribution in [1.82, 2.24) is 0 Å². The number of carboxylic acid groups (broad SMARTS) is 1. The van der Waals surface area contributed by atoms with E-state index in [1.807, 2.05) is 0 Å². The molecule has 1 atom stereocenters. The predicted molar refractivity (Wildman–Crippen MR) is 86.5 cm³/mol. The topological polar surface area (TPSA) is 99.4 Å². The van der Waals surface area contributed by atoms with Crippen LogP contribution in [0.3, 0.4) is 0 Å². The molecule has 0 radical (unpaired) electrons. The van der Waals surface area contributed by atoms with Crippen molar-refractivity contribution in [3.8, 4) is 6.07 Å². The number of thiophene rings is 1. The van der Waals surface area contributed by atoms with E-state index in [0.29, 0.717) is 16.5 Å². The van der Waals surface area contributed by atoms with Gasteiger partial charge in [0.2, 0.25) is 0 Å². The molecule has 0 spiro atoms. The average Bonchev–Trinajstić information content (AvgIpc) is 2.83. The second-order valence-corrected chi connectivity index (χ2v) is 6.76. The van der Waals surface area contributed by atoms with Crippen LogP contribution in [0.4, 0.5) is 5.00 Å². The maximum atomic E-state index is 11.8. The Morgan fingerprint density at radius 2 is 2.26 bits per heavy atom. The second kappa shape index (κ2) is 8.09. The van der Waals surface area contributed by atoms with E-state index in [2.05, 4.69) is 18.3 Å². The van der Waals surface area contributed by atoms with Crippen LogP contribution in [-0.4, -0.2) is 30.2 Å². The molecule has 1 aliphatic rings. The largest absolute Gasteiger partial charge is 0.480 e. The Bertz CT molecular complexity index is 633. The molecule has 0 bridgehead atoms. The Kier molecular flexibility index (Phi) is 6.13. The first-order chi connectivity index (χ1) is 11.0. The Labute approximate surface area is 139 Å². The third-order valence-electron chi connectivity index (χ3n) is 3.89. The molecule has 1 heterocycles. The summed E-state index contributed by atoms with van der Waals surface area (Å²) in [5.74, 6) is -0.907. The third kappa shape index (κ3) is 4.53. The second-order valence-electron chi connectivity index (χ2n) is 5.65. The van der Waals surface area contributed by atoms with Gasteiger partial charge in [0.1, 0.15) is 24.3 Å². The zero-order valence-electron chi connectivity index (χ0n) is 13.1. The number of carboxylic acids is 1. The molecule has 2 N–H and O–H groups in total. The fraction of sp³-hybridized carbons (Fsp3) is 0.562. The van der Waals surface area contributed by atoms with Crippen LogP contribution in [0.2, 0.25) is 0 Å². The zero-order valence-corrected chi connectivity index (χ0v) is 13.9. The van der Waals surface area contributed by atoms with Crippen LogP contribution in [0.15, 0.2) is 0 Å². The van der Waals surface area contributed by atoms with Crippen LogP contribution in [-0.2, 0) is 27.2 Å². The number of aliphatic carboxylic acids is 1. The molecular formula is C16H20N2O4S. The van der Waals surface area contributed by atoms with Crippen molar-refractivity contribution >= 4 is 28.2 Å². The van der Waals surface area contributed by atoms with Gasteiger partial charge in [0.15, 0.2) is 0 Å². The molecule has 2 rings (SSSR count). The Hall–Kier alpha value is -1.91. The molecule has 6 nitrogen and oxygen atoms in total. The van der Waals surface area contributed by atoms with Crippen LogP contribution in [0.1, 0.15) is 42.2 Å². The van der Waals surface area contributed by atoms with Crippen LogP contribution in [0, 0.1) is 17.2 Å². The van der Waals surface area contributed by atoms with Crippen molar-refractivity contribution in [3.05, 3.63) is 16.0 Å². The van der Waals surface area contributed by atoms with E-state index >= 15 is 0 Å². The summed E-state index contributed by atoms with van der Waals surface area (Å²) in [6.45, 7) is 1.32. The van der Waals surface area contributed by atoms with Gasteiger partial charge in [-0.1, -0.05) is 19.8 Å². The van der Waals surface area contributed by atoms with E-state index in [4.69, 9.17) is 9.84 Å². The standard InChI is InChI=1S/C16H20N2O4S/c1-2-3-10-4-5-11-12(7-17)16(23-13(11)6-10)18-14(19)8-22-9-15(20)21/h10H,2-6,8-9H2,1H3,(H,18,19)(H,20,21). The molecule has 1 amide bonds. The van der Waals surface area contributed by atoms with Gasteiger partial charge < -0.3 is 15.2 Å². The molecule has 1 aliphatic carbocycles. The van der Waals surface area contributed by atoms with Gasteiger partial charge in [0.25, 0.3) is 5.91 Å². The quantitative estimate of drug-likeness (QED) is 0.797. The highest BCUT2D eigenvalue weighted by molar-refractivity contribution is 7.16. The van der Waals surface area contributed by atoms with Crippen molar-refractivity contribution in [2.24, 2.45) is 5.92 Å². The van der Waals surface area contributed by atoms with Gasteiger partial charge in [-0.2, -0.15) is 5.26 Å². The number of nitriles is 1. The maximum Gasteiger partial charge on any atom is 0.329 e. The summed E-state index contributed by atoms with van der Waals surface area (Å²) in [6.07, 6.45) is 5.27. The smallest absolute Gasteiger partial charge is 0.329 e. The highest BCUT2D eigenvalue weighted by Crippen LogP contribution is 2.40. The predicted octanol–water partition coefficient (Wildman–Crippen LogP) is 2.56. The molecule has 7 heteroatoms. The van der Waals surface area contributed by atoms with Crippen molar-refractivity contribution in [1.29, 1.82) is 5.26 Å². The van der Waals surface area contributed by atoms with Crippen molar-refractivity contribution in [2.45, 2.75) is 39.0 Å². The van der Waals surface area contributed by atoms with Gasteiger partial charge in [-0.3, -0.25) is 4.79 Å². The fourth-order valence-corrected chi connectivity index (χ4v) is 4.24. The molecule has 0 aliphatic heterocycles. The zero-order chi connectivity index (χ0) is 16.8. The number of anilines is 1. The number of rotatable bonds is 7. The summed E-state index contributed by atoms with van der Waals surface area (Å²) in [4.78, 5) is 23.4. The lowest BCUT2D eigenvalue weighted by Crippen LogP contribution is -2.20. The molecule has 1 aromatic rings. The van der Waals surface area contributed by atoms with Gasteiger partial charge in [0, 0.05) is 4.88 Å². The number of hydrogen-bond acceptors (Lipinski definition) is 5. The average molecular weight is 336 g/mol. The molecule has 23 heavy (non-hydrogen) atoms. The minimum atomic E-state index is -1.12. The molecule has 1 aromatic heterocycles. The summed E-state index contributed by atoms with van der Waals surface area (Å²) in [6, 6.07) is 2.19. The lowest BCUT2D eigenvalue weighted by molar-refractivity contribution is -0.143. The first-order valence-electron chi connectivity index (χ1n) is 7.69. The molecule has 0 fully saturated rings. The van der Waals surface area contributed by atoms with Gasteiger partial charge in [-0.15, -0.1) is 11.3 Å². The van der Waals surface area contributed by atoms with Crippen LogP contribution >= 0.6 is 11.3 Å². The SMILES string of the molecule is CCCC1CCc2c(sc(NC(=O)COCC(=O)O)c2C#N)C1. The number of nitrogens with one attached hydrogen (secondary N) is 1. The van der Waals surface area contributed by atoms with E-state index in [1.54, 1.807) is 0 Å². The Morgan fingerprint density at radius 1 is 1.48 bits per heavy atom. The van der Waals surface area contributed by atoms with E-state index in [0.717, 1.165) is 31.2 Å². The minimum Gasteiger partial charge on any atom is -0.480 e. The number of amides is 1. The first-order valence-corrected chi connectivity index (χ1v) is 8.50. The van der Waals surface area contributed by atoms with Gasteiger partial charge in [0.05, 0.1) is 5.56 Å². The molecule has 0 aromatic carbocycles.